The molecule has 4 rings (SSSR count). The molecule has 1 aliphatic carbocycles. The maximum absolute atomic E-state index is 14.0. The van der Waals surface area contributed by atoms with Crippen LogP contribution < -0.4 is 0 Å². The standard InChI is InChI=1S/C28H33F3N2O3/c1-26(2,35)19-15-22(28(29,30)31)25-23(16-19)33(20-11-7-12-20)24(32-25)14-8-13-21(34)17-27(3,36)18-9-5-4-6-10-18/h4-6,9-10,15-16,20,35-36H,7-8,11-14,17H2,1-3H3. The number of hydrogen-bond donors (Lipinski definition) is 2. The third-order valence-electron chi connectivity index (χ3n) is 7.11. The van der Waals surface area contributed by atoms with Crippen molar-refractivity contribution in [3.63, 3.8) is 0 Å². The highest BCUT2D eigenvalue weighted by atomic mass is 19.4. The second kappa shape index (κ2) is 9.63. The summed E-state index contributed by atoms with van der Waals surface area (Å²) in [6.07, 6.45) is -1.00. The number of benzene rings is 2. The molecule has 0 amide bonds. The lowest BCUT2D eigenvalue weighted by Gasteiger charge is -2.30. The van der Waals surface area contributed by atoms with E-state index in [1.165, 1.54) is 13.8 Å². The number of halogens is 3. The van der Waals surface area contributed by atoms with E-state index in [2.05, 4.69) is 4.98 Å². The summed E-state index contributed by atoms with van der Waals surface area (Å²) < 4.78 is 43.8. The van der Waals surface area contributed by atoms with Gasteiger partial charge in [-0.25, -0.2) is 4.98 Å². The number of Topliss-reactive ketones (excluding diaryl/α,β-unsaturated/α-hetero) is 1. The molecule has 0 saturated heterocycles. The molecule has 1 heterocycles. The van der Waals surface area contributed by atoms with E-state index in [0.29, 0.717) is 29.7 Å². The van der Waals surface area contributed by atoms with E-state index in [-0.39, 0.29) is 35.7 Å². The molecule has 1 aliphatic rings. The molecule has 0 radical (unpaired) electrons. The molecule has 36 heavy (non-hydrogen) atoms. The molecule has 1 atom stereocenters. The van der Waals surface area contributed by atoms with Crippen LogP contribution in [-0.2, 0) is 28.6 Å². The SMILES string of the molecule is CC(C)(O)c1cc(C(F)(F)F)c2nc(CCCC(=O)CC(C)(O)c3ccccc3)n(C3CCC3)c2c1. The van der Waals surface area contributed by atoms with Crippen LogP contribution in [0.4, 0.5) is 13.2 Å². The largest absolute Gasteiger partial charge is 0.418 e. The Hall–Kier alpha value is -2.71. The van der Waals surface area contributed by atoms with Crippen LogP contribution >= 0.6 is 0 Å². The molecule has 2 aromatic carbocycles. The predicted molar refractivity (Wildman–Crippen MR) is 131 cm³/mol. The van der Waals surface area contributed by atoms with Crippen molar-refractivity contribution in [3.05, 3.63) is 65.0 Å². The summed E-state index contributed by atoms with van der Waals surface area (Å²) in [5.41, 5.74) is -2.47. The van der Waals surface area contributed by atoms with Crippen molar-refractivity contribution in [1.82, 2.24) is 9.55 Å². The number of rotatable bonds is 9. The number of aliphatic hydroxyl groups is 2. The number of aryl methyl sites for hydroxylation is 1. The summed E-state index contributed by atoms with van der Waals surface area (Å²) in [5.74, 6) is 0.408. The van der Waals surface area contributed by atoms with E-state index in [9.17, 15) is 28.2 Å². The second-order valence-corrected chi connectivity index (χ2v) is 10.6. The van der Waals surface area contributed by atoms with Crippen molar-refractivity contribution in [3.8, 4) is 0 Å². The van der Waals surface area contributed by atoms with Crippen molar-refractivity contribution < 1.29 is 28.2 Å². The summed E-state index contributed by atoms with van der Waals surface area (Å²) in [4.78, 5) is 17.1. The van der Waals surface area contributed by atoms with Gasteiger partial charge >= 0.3 is 6.18 Å². The molecule has 1 aromatic heterocycles. The minimum Gasteiger partial charge on any atom is -0.386 e. The molecule has 1 saturated carbocycles. The second-order valence-electron chi connectivity index (χ2n) is 10.6. The van der Waals surface area contributed by atoms with Crippen LogP contribution in [0.2, 0.25) is 0 Å². The highest BCUT2D eigenvalue weighted by molar-refractivity contribution is 5.82. The Balaban J connectivity index is 1.59. The first kappa shape index (κ1) is 26.4. The van der Waals surface area contributed by atoms with Crippen molar-refractivity contribution >= 4 is 16.8 Å². The van der Waals surface area contributed by atoms with Crippen molar-refractivity contribution in [2.75, 3.05) is 0 Å². The van der Waals surface area contributed by atoms with Crippen LogP contribution in [-0.4, -0.2) is 25.5 Å². The number of alkyl halides is 3. The molecule has 1 fully saturated rings. The third kappa shape index (κ3) is 5.49. The van der Waals surface area contributed by atoms with Crippen LogP contribution in [0.3, 0.4) is 0 Å². The Bertz CT molecular complexity index is 1240. The van der Waals surface area contributed by atoms with Crippen LogP contribution in [0.15, 0.2) is 42.5 Å². The molecule has 194 valence electrons. The number of ketones is 1. The maximum atomic E-state index is 14.0. The zero-order chi connectivity index (χ0) is 26.3. The minimum absolute atomic E-state index is 0.0385. The molecule has 1 unspecified atom stereocenters. The minimum atomic E-state index is -4.62. The fourth-order valence-electron chi connectivity index (χ4n) is 4.86. The van der Waals surface area contributed by atoms with Gasteiger partial charge in [0.1, 0.15) is 17.1 Å². The van der Waals surface area contributed by atoms with E-state index < -0.39 is 22.9 Å². The third-order valence-corrected chi connectivity index (χ3v) is 7.11. The van der Waals surface area contributed by atoms with Gasteiger partial charge in [-0.15, -0.1) is 0 Å². The van der Waals surface area contributed by atoms with Gasteiger partial charge in [0, 0.05) is 25.3 Å². The van der Waals surface area contributed by atoms with Crippen molar-refractivity contribution in [1.29, 1.82) is 0 Å². The Labute approximate surface area is 209 Å². The molecule has 0 aliphatic heterocycles. The number of carbonyl (C=O) groups excluding carboxylic acids is 1. The lowest BCUT2D eigenvalue weighted by molar-refractivity contribution is -0.136. The number of nitrogens with zero attached hydrogens (tertiary/aromatic N) is 2. The molecular weight excluding hydrogens is 469 g/mol. The molecule has 3 aromatic rings. The summed E-state index contributed by atoms with van der Waals surface area (Å²) in [6, 6.07) is 11.6. The van der Waals surface area contributed by atoms with Gasteiger partial charge in [0.05, 0.1) is 22.3 Å². The number of fused-ring (bicyclic) bond motifs is 1. The Morgan fingerprint density at radius 2 is 1.72 bits per heavy atom. The van der Waals surface area contributed by atoms with Crippen LogP contribution in [0, 0.1) is 0 Å². The average molecular weight is 503 g/mol. The van der Waals surface area contributed by atoms with Gasteiger partial charge in [0.2, 0.25) is 0 Å². The quantitative estimate of drug-likeness (QED) is 0.366. The zero-order valence-corrected chi connectivity index (χ0v) is 20.9. The van der Waals surface area contributed by atoms with E-state index in [4.69, 9.17) is 0 Å². The zero-order valence-electron chi connectivity index (χ0n) is 20.9. The molecule has 0 bridgehead atoms. The molecule has 8 heteroatoms. The van der Waals surface area contributed by atoms with Gasteiger partial charge in [-0.2, -0.15) is 13.2 Å². The number of imidazole rings is 1. The fourth-order valence-corrected chi connectivity index (χ4v) is 4.86. The van der Waals surface area contributed by atoms with E-state index >= 15 is 0 Å². The van der Waals surface area contributed by atoms with Gasteiger partial charge in [-0.05, 0) is 69.7 Å². The van der Waals surface area contributed by atoms with Crippen molar-refractivity contribution in [2.24, 2.45) is 0 Å². The summed E-state index contributed by atoms with van der Waals surface area (Å²) in [6.45, 7) is 4.54. The molecule has 2 N–H and O–H groups in total. The average Bonchev–Trinajstić information content (AvgIpc) is 3.09. The van der Waals surface area contributed by atoms with E-state index in [1.54, 1.807) is 37.3 Å². The fraction of sp³-hybridized carbons (Fsp3) is 0.500. The van der Waals surface area contributed by atoms with Gasteiger partial charge < -0.3 is 14.8 Å². The van der Waals surface area contributed by atoms with Crippen LogP contribution in [0.5, 0.6) is 0 Å². The first-order chi connectivity index (χ1) is 16.8. The van der Waals surface area contributed by atoms with Crippen LogP contribution in [0.1, 0.15) is 87.9 Å². The summed E-state index contributed by atoms with van der Waals surface area (Å²) in [5, 5.41) is 21.2. The normalized spacial score (nSPS) is 16.7. The van der Waals surface area contributed by atoms with Gasteiger partial charge in [-0.1, -0.05) is 30.3 Å². The van der Waals surface area contributed by atoms with Crippen LogP contribution in [0.25, 0.3) is 11.0 Å². The monoisotopic (exact) mass is 502 g/mol. The number of hydrogen-bond acceptors (Lipinski definition) is 4. The highest BCUT2D eigenvalue weighted by Gasteiger charge is 2.37. The smallest absolute Gasteiger partial charge is 0.386 e. The van der Waals surface area contributed by atoms with E-state index in [0.717, 1.165) is 25.3 Å². The lowest BCUT2D eigenvalue weighted by Crippen LogP contribution is -2.25. The van der Waals surface area contributed by atoms with Gasteiger partial charge in [0.15, 0.2) is 0 Å². The Morgan fingerprint density at radius 3 is 2.28 bits per heavy atom. The number of aromatic nitrogens is 2. The first-order valence-corrected chi connectivity index (χ1v) is 12.4. The first-order valence-electron chi connectivity index (χ1n) is 12.4. The van der Waals surface area contributed by atoms with Gasteiger partial charge in [0.25, 0.3) is 0 Å². The Kier molecular flexibility index (Phi) is 7.05. The maximum Gasteiger partial charge on any atom is 0.418 e. The summed E-state index contributed by atoms with van der Waals surface area (Å²) in [7, 11) is 0. The van der Waals surface area contributed by atoms with Crippen molar-refractivity contribution in [2.45, 2.75) is 89.1 Å². The lowest BCUT2D eigenvalue weighted by atomic mass is 9.89. The number of carbonyl (C=O) groups is 1. The summed E-state index contributed by atoms with van der Waals surface area (Å²) >= 11 is 0. The van der Waals surface area contributed by atoms with E-state index in [1.807, 2.05) is 10.6 Å². The predicted octanol–water partition coefficient (Wildman–Crippen LogP) is 6.20. The molecule has 5 nitrogen and oxygen atoms in total. The molecular formula is C28H33F3N2O3. The van der Waals surface area contributed by atoms with Gasteiger partial charge in [-0.3, -0.25) is 4.79 Å². The molecule has 0 spiro atoms. The highest BCUT2D eigenvalue weighted by Crippen LogP contribution is 2.42. The Morgan fingerprint density at radius 1 is 1.06 bits per heavy atom. The topological polar surface area (TPSA) is 75.3 Å².